The Morgan fingerprint density at radius 3 is 2.67 bits per heavy atom. The van der Waals surface area contributed by atoms with Crippen LogP contribution in [0.2, 0.25) is 0 Å². The predicted molar refractivity (Wildman–Crippen MR) is 84.6 cm³/mol. The Morgan fingerprint density at radius 1 is 1.33 bits per heavy atom. The number of esters is 1. The molecule has 0 bridgehead atoms. The number of rotatable bonds is 7. The maximum Gasteiger partial charge on any atom is 0.341 e. The minimum atomic E-state index is -0.536. The van der Waals surface area contributed by atoms with Gasteiger partial charge in [-0.15, -0.1) is 0 Å². The molecule has 1 rings (SSSR count). The van der Waals surface area contributed by atoms with Gasteiger partial charge in [0.05, 0.1) is 12.2 Å². The standard InChI is InChI=1S/C17H21NO3/c1-3-21-17(20)16(14(2)19)10-7-12-18-13-11-15-8-5-4-6-9-15/h4-10,12,19H,3,11,13H2,1-2H3/b10-7+,16-14+,18-12?. The minimum absolute atomic E-state index is 0.0672. The summed E-state index contributed by atoms with van der Waals surface area (Å²) in [4.78, 5) is 15.8. The van der Waals surface area contributed by atoms with Crippen molar-refractivity contribution in [2.24, 2.45) is 4.99 Å². The van der Waals surface area contributed by atoms with Crippen molar-refractivity contribution in [3.05, 3.63) is 59.4 Å². The van der Waals surface area contributed by atoms with Crippen molar-refractivity contribution >= 4 is 12.2 Å². The lowest BCUT2D eigenvalue weighted by molar-refractivity contribution is -0.138. The number of nitrogens with zero attached hydrogens (tertiary/aromatic N) is 1. The van der Waals surface area contributed by atoms with Crippen molar-refractivity contribution in [2.75, 3.05) is 13.2 Å². The highest BCUT2D eigenvalue weighted by atomic mass is 16.5. The second-order valence-corrected chi connectivity index (χ2v) is 4.37. The highest BCUT2D eigenvalue weighted by Gasteiger charge is 2.09. The molecule has 0 fully saturated rings. The highest BCUT2D eigenvalue weighted by molar-refractivity contribution is 5.93. The molecule has 21 heavy (non-hydrogen) atoms. The zero-order valence-electron chi connectivity index (χ0n) is 12.5. The van der Waals surface area contributed by atoms with Crippen LogP contribution in [0.15, 0.2) is 58.8 Å². The average molecular weight is 287 g/mol. The maximum atomic E-state index is 11.6. The molecule has 0 amide bonds. The first kappa shape index (κ1) is 16.7. The van der Waals surface area contributed by atoms with E-state index in [9.17, 15) is 9.90 Å². The van der Waals surface area contributed by atoms with Crippen molar-refractivity contribution in [1.29, 1.82) is 0 Å². The van der Waals surface area contributed by atoms with Crippen LogP contribution < -0.4 is 0 Å². The van der Waals surface area contributed by atoms with Gasteiger partial charge in [0.15, 0.2) is 0 Å². The number of allylic oxidation sites excluding steroid dienone is 2. The van der Waals surface area contributed by atoms with Gasteiger partial charge in [0, 0.05) is 12.8 Å². The number of benzene rings is 1. The van der Waals surface area contributed by atoms with Gasteiger partial charge in [0.1, 0.15) is 5.76 Å². The number of hydrogen-bond acceptors (Lipinski definition) is 4. The van der Waals surface area contributed by atoms with E-state index in [-0.39, 0.29) is 17.9 Å². The van der Waals surface area contributed by atoms with Crippen LogP contribution in [0.3, 0.4) is 0 Å². The van der Waals surface area contributed by atoms with Gasteiger partial charge in [-0.25, -0.2) is 4.79 Å². The molecule has 4 heteroatoms. The summed E-state index contributed by atoms with van der Waals surface area (Å²) < 4.78 is 4.85. The molecule has 1 N–H and O–H groups in total. The largest absolute Gasteiger partial charge is 0.512 e. The summed E-state index contributed by atoms with van der Waals surface area (Å²) in [5.41, 5.74) is 1.38. The van der Waals surface area contributed by atoms with E-state index in [2.05, 4.69) is 17.1 Å². The summed E-state index contributed by atoms with van der Waals surface area (Å²) >= 11 is 0. The fraction of sp³-hybridized carbons (Fsp3) is 0.294. The van der Waals surface area contributed by atoms with Gasteiger partial charge in [-0.2, -0.15) is 0 Å². The molecule has 0 spiro atoms. The van der Waals surface area contributed by atoms with Crippen LogP contribution in [0.25, 0.3) is 0 Å². The number of aliphatic imine (C=N–C) groups is 1. The van der Waals surface area contributed by atoms with E-state index in [0.717, 1.165) is 6.42 Å². The van der Waals surface area contributed by atoms with Gasteiger partial charge in [-0.3, -0.25) is 4.99 Å². The van der Waals surface area contributed by atoms with Crippen LogP contribution >= 0.6 is 0 Å². The molecular formula is C17H21NO3. The number of hydrogen-bond donors (Lipinski definition) is 1. The molecule has 1 aromatic carbocycles. The first-order valence-corrected chi connectivity index (χ1v) is 6.92. The van der Waals surface area contributed by atoms with Crippen molar-refractivity contribution in [3.8, 4) is 0 Å². The number of carbonyl (C=O) groups is 1. The summed E-state index contributed by atoms with van der Waals surface area (Å²) in [6.07, 6.45) is 5.60. The molecule has 0 heterocycles. The molecule has 0 aliphatic heterocycles. The van der Waals surface area contributed by atoms with Crippen LogP contribution in [0.4, 0.5) is 0 Å². The van der Waals surface area contributed by atoms with E-state index < -0.39 is 5.97 Å². The van der Waals surface area contributed by atoms with E-state index in [1.54, 1.807) is 19.2 Å². The first-order valence-electron chi connectivity index (χ1n) is 6.92. The molecule has 4 nitrogen and oxygen atoms in total. The molecular weight excluding hydrogens is 266 g/mol. The topological polar surface area (TPSA) is 58.9 Å². The molecule has 0 saturated heterocycles. The second-order valence-electron chi connectivity index (χ2n) is 4.37. The van der Waals surface area contributed by atoms with Crippen molar-refractivity contribution in [2.45, 2.75) is 20.3 Å². The van der Waals surface area contributed by atoms with Gasteiger partial charge >= 0.3 is 5.97 Å². The smallest absolute Gasteiger partial charge is 0.341 e. The van der Waals surface area contributed by atoms with Gasteiger partial charge < -0.3 is 9.84 Å². The normalized spacial score (nSPS) is 12.7. The van der Waals surface area contributed by atoms with E-state index in [4.69, 9.17) is 4.74 Å². The Hall–Kier alpha value is -2.36. The quantitative estimate of drug-likeness (QED) is 0.275. The third kappa shape index (κ3) is 6.56. The van der Waals surface area contributed by atoms with Crippen LogP contribution in [0.5, 0.6) is 0 Å². The van der Waals surface area contributed by atoms with Crippen molar-refractivity contribution in [1.82, 2.24) is 0 Å². The molecule has 0 radical (unpaired) electrons. The molecule has 112 valence electrons. The lowest BCUT2D eigenvalue weighted by Crippen LogP contribution is -2.07. The van der Waals surface area contributed by atoms with E-state index in [0.29, 0.717) is 6.54 Å². The Morgan fingerprint density at radius 2 is 2.05 bits per heavy atom. The average Bonchev–Trinajstić information content (AvgIpc) is 2.47. The SMILES string of the molecule is CCOC(=O)C(/C=C/C=NCCc1ccccc1)=C(\C)O. The molecule has 0 atom stereocenters. The minimum Gasteiger partial charge on any atom is -0.512 e. The van der Waals surface area contributed by atoms with Crippen LogP contribution in [0.1, 0.15) is 19.4 Å². The number of ether oxygens (including phenoxy) is 1. The zero-order chi connectivity index (χ0) is 15.5. The van der Waals surface area contributed by atoms with E-state index >= 15 is 0 Å². The lowest BCUT2D eigenvalue weighted by atomic mass is 10.2. The molecule has 0 aromatic heterocycles. The summed E-state index contributed by atoms with van der Waals surface area (Å²) in [6, 6.07) is 10.1. The molecule has 0 aliphatic rings. The molecule has 0 saturated carbocycles. The predicted octanol–water partition coefficient (Wildman–Crippen LogP) is 3.25. The highest BCUT2D eigenvalue weighted by Crippen LogP contribution is 2.05. The second kappa shape index (κ2) is 9.53. The van der Waals surface area contributed by atoms with Crippen LogP contribution in [-0.2, 0) is 16.0 Å². The van der Waals surface area contributed by atoms with Crippen LogP contribution in [-0.4, -0.2) is 30.4 Å². The van der Waals surface area contributed by atoms with Gasteiger partial charge in [-0.05, 0) is 38.0 Å². The Bertz CT molecular complexity index is 526. The number of aliphatic hydroxyl groups excluding tert-OH is 1. The Labute approximate surface area is 125 Å². The van der Waals surface area contributed by atoms with E-state index in [1.807, 2.05) is 18.2 Å². The molecule has 0 aliphatic carbocycles. The fourth-order valence-electron chi connectivity index (χ4n) is 1.66. The number of carbonyl (C=O) groups excluding carboxylic acids is 1. The Kier molecular flexibility index (Phi) is 7.58. The third-order valence-corrected chi connectivity index (χ3v) is 2.71. The molecule has 1 aromatic rings. The van der Waals surface area contributed by atoms with E-state index in [1.165, 1.54) is 18.6 Å². The number of aliphatic hydroxyl groups is 1. The molecule has 0 unspecified atom stereocenters. The summed E-state index contributed by atoms with van der Waals surface area (Å²) in [5, 5.41) is 9.44. The maximum absolute atomic E-state index is 11.6. The first-order chi connectivity index (χ1) is 10.1. The summed E-state index contributed by atoms with van der Waals surface area (Å²) in [5.74, 6) is -0.603. The summed E-state index contributed by atoms with van der Waals surface area (Å²) in [6.45, 7) is 4.11. The van der Waals surface area contributed by atoms with Crippen molar-refractivity contribution in [3.63, 3.8) is 0 Å². The monoisotopic (exact) mass is 287 g/mol. The van der Waals surface area contributed by atoms with Crippen LogP contribution in [0, 0.1) is 0 Å². The third-order valence-electron chi connectivity index (χ3n) is 2.71. The Balaban J connectivity index is 2.46. The lowest BCUT2D eigenvalue weighted by Gasteiger charge is -2.02. The van der Waals surface area contributed by atoms with Gasteiger partial charge in [0.25, 0.3) is 0 Å². The van der Waals surface area contributed by atoms with Gasteiger partial charge in [0.2, 0.25) is 0 Å². The fourth-order valence-corrected chi connectivity index (χ4v) is 1.66. The summed E-state index contributed by atoms with van der Waals surface area (Å²) in [7, 11) is 0. The van der Waals surface area contributed by atoms with Gasteiger partial charge in [-0.1, -0.05) is 30.3 Å². The zero-order valence-corrected chi connectivity index (χ0v) is 12.5. The van der Waals surface area contributed by atoms with Crippen molar-refractivity contribution < 1.29 is 14.6 Å².